The monoisotopic (exact) mass is 364 g/mol. The van der Waals surface area contributed by atoms with Gasteiger partial charge in [-0.2, -0.15) is 0 Å². The van der Waals surface area contributed by atoms with Crippen LogP contribution in [0.25, 0.3) is 5.65 Å². The molecule has 1 aliphatic heterocycles. The molecule has 2 aliphatic rings. The van der Waals surface area contributed by atoms with Crippen LogP contribution >= 0.6 is 0 Å². The van der Waals surface area contributed by atoms with Gasteiger partial charge < -0.3 is 10.1 Å². The number of hydrogen-bond acceptors (Lipinski definition) is 6. The highest BCUT2D eigenvalue weighted by atomic mass is 16.5. The summed E-state index contributed by atoms with van der Waals surface area (Å²) in [4.78, 5) is 6.89. The summed E-state index contributed by atoms with van der Waals surface area (Å²) < 4.78 is 7.48. The second kappa shape index (κ2) is 7.25. The molecular weight excluding hydrogens is 340 g/mol. The highest BCUT2D eigenvalue weighted by Gasteiger charge is 2.29. The normalized spacial score (nSPS) is 18.1. The number of anilines is 1. The Hall–Kier alpha value is -2.51. The predicted molar refractivity (Wildman–Crippen MR) is 103 cm³/mol. The van der Waals surface area contributed by atoms with E-state index in [1.807, 2.05) is 12.4 Å². The van der Waals surface area contributed by atoms with Crippen LogP contribution in [0.4, 0.5) is 5.82 Å². The van der Waals surface area contributed by atoms with Gasteiger partial charge in [-0.25, -0.2) is 4.98 Å². The van der Waals surface area contributed by atoms with Gasteiger partial charge in [-0.1, -0.05) is 24.3 Å². The van der Waals surface area contributed by atoms with E-state index >= 15 is 0 Å². The second-order valence-corrected chi connectivity index (χ2v) is 7.36. The minimum Gasteiger partial charge on any atom is -0.379 e. The van der Waals surface area contributed by atoms with Gasteiger partial charge in [-0.15, -0.1) is 10.2 Å². The number of benzene rings is 1. The van der Waals surface area contributed by atoms with Crippen molar-refractivity contribution in [3.63, 3.8) is 0 Å². The first-order valence-corrected chi connectivity index (χ1v) is 9.68. The molecule has 0 radical (unpaired) electrons. The van der Waals surface area contributed by atoms with Crippen molar-refractivity contribution in [2.24, 2.45) is 0 Å². The van der Waals surface area contributed by atoms with Crippen LogP contribution < -0.4 is 5.32 Å². The molecule has 5 rings (SSSR count). The summed E-state index contributed by atoms with van der Waals surface area (Å²) >= 11 is 0. The Morgan fingerprint density at radius 1 is 1.04 bits per heavy atom. The van der Waals surface area contributed by atoms with Crippen molar-refractivity contribution in [1.82, 2.24) is 24.5 Å². The van der Waals surface area contributed by atoms with Crippen molar-refractivity contribution in [2.45, 2.75) is 31.8 Å². The maximum atomic E-state index is 5.41. The van der Waals surface area contributed by atoms with Crippen LogP contribution in [0.2, 0.25) is 0 Å². The van der Waals surface area contributed by atoms with Gasteiger partial charge >= 0.3 is 0 Å². The minimum atomic E-state index is 0.564. The Labute approximate surface area is 158 Å². The third kappa shape index (κ3) is 3.65. The number of nitrogens with zero attached hydrogens (tertiary/aromatic N) is 5. The fourth-order valence-electron chi connectivity index (χ4n) is 3.55. The van der Waals surface area contributed by atoms with Gasteiger partial charge in [-0.3, -0.25) is 9.30 Å². The fraction of sp³-hybridized carbons (Fsp3) is 0.450. The van der Waals surface area contributed by atoms with E-state index in [0.29, 0.717) is 5.92 Å². The highest BCUT2D eigenvalue weighted by molar-refractivity contribution is 5.62. The second-order valence-electron chi connectivity index (χ2n) is 7.36. The molecule has 27 heavy (non-hydrogen) atoms. The lowest BCUT2D eigenvalue weighted by Crippen LogP contribution is -2.35. The summed E-state index contributed by atoms with van der Waals surface area (Å²) in [6.07, 6.45) is 6.19. The first-order chi connectivity index (χ1) is 13.4. The van der Waals surface area contributed by atoms with Crippen LogP contribution in [0.3, 0.4) is 0 Å². The lowest BCUT2D eigenvalue weighted by atomic mass is 10.1. The number of ether oxygens (including phenoxy) is 1. The Bertz CT molecular complexity index is 912. The maximum absolute atomic E-state index is 5.41. The number of hydrogen-bond donors (Lipinski definition) is 1. The molecule has 1 saturated heterocycles. The van der Waals surface area contributed by atoms with E-state index in [1.54, 1.807) is 0 Å². The molecule has 1 N–H and O–H groups in total. The molecular formula is C20H24N6O. The van der Waals surface area contributed by atoms with Crippen LogP contribution in [-0.2, 0) is 17.8 Å². The molecule has 0 bridgehead atoms. The molecule has 1 saturated carbocycles. The zero-order valence-electron chi connectivity index (χ0n) is 15.3. The van der Waals surface area contributed by atoms with E-state index in [0.717, 1.165) is 56.7 Å². The van der Waals surface area contributed by atoms with E-state index < -0.39 is 0 Å². The van der Waals surface area contributed by atoms with Crippen molar-refractivity contribution >= 4 is 11.5 Å². The Morgan fingerprint density at radius 3 is 2.59 bits per heavy atom. The van der Waals surface area contributed by atoms with Crippen molar-refractivity contribution in [2.75, 3.05) is 31.6 Å². The van der Waals surface area contributed by atoms with Gasteiger partial charge in [0, 0.05) is 44.5 Å². The molecule has 1 aromatic carbocycles. The SMILES string of the molecule is c1cn2c(C3CC3)nnc2c(NCc2ccc(CN3CCOCC3)cc2)n1. The van der Waals surface area contributed by atoms with E-state index in [-0.39, 0.29) is 0 Å². The number of rotatable bonds is 6. The van der Waals surface area contributed by atoms with Gasteiger partial charge in [-0.05, 0) is 24.0 Å². The summed E-state index contributed by atoms with van der Waals surface area (Å²) in [7, 11) is 0. The third-order valence-corrected chi connectivity index (χ3v) is 5.29. The van der Waals surface area contributed by atoms with E-state index in [2.05, 4.69) is 54.1 Å². The molecule has 3 heterocycles. The molecule has 1 aliphatic carbocycles. The van der Waals surface area contributed by atoms with Gasteiger partial charge in [0.15, 0.2) is 5.82 Å². The number of fused-ring (bicyclic) bond motifs is 1. The highest BCUT2D eigenvalue weighted by Crippen LogP contribution is 2.39. The molecule has 3 aromatic rings. The molecule has 2 fully saturated rings. The average molecular weight is 364 g/mol. The number of nitrogens with one attached hydrogen (secondary N) is 1. The lowest BCUT2D eigenvalue weighted by Gasteiger charge is -2.26. The zero-order chi connectivity index (χ0) is 18.1. The summed E-state index contributed by atoms with van der Waals surface area (Å²) in [5.41, 5.74) is 3.38. The smallest absolute Gasteiger partial charge is 0.203 e. The summed E-state index contributed by atoms with van der Waals surface area (Å²) in [5, 5.41) is 12.1. The van der Waals surface area contributed by atoms with Gasteiger partial charge in [0.1, 0.15) is 5.82 Å². The van der Waals surface area contributed by atoms with E-state index in [1.165, 1.54) is 24.0 Å². The van der Waals surface area contributed by atoms with Crippen molar-refractivity contribution in [3.05, 3.63) is 53.6 Å². The lowest BCUT2D eigenvalue weighted by molar-refractivity contribution is 0.0342. The maximum Gasteiger partial charge on any atom is 0.203 e. The summed E-state index contributed by atoms with van der Waals surface area (Å²) in [5.74, 6) is 2.41. The van der Waals surface area contributed by atoms with Gasteiger partial charge in [0.25, 0.3) is 0 Å². The van der Waals surface area contributed by atoms with Crippen LogP contribution in [-0.4, -0.2) is 50.8 Å². The van der Waals surface area contributed by atoms with Gasteiger partial charge in [0.05, 0.1) is 13.2 Å². The van der Waals surface area contributed by atoms with Crippen LogP contribution in [0, 0.1) is 0 Å². The van der Waals surface area contributed by atoms with E-state index in [4.69, 9.17) is 4.74 Å². The first kappa shape index (κ1) is 16.6. The Kier molecular flexibility index (Phi) is 4.47. The molecule has 0 amide bonds. The fourth-order valence-corrected chi connectivity index (χ4v) is 3.55. The Balaban J connectivity index is 1.24. The largest absolute Gasteiger partial charge is 0.379 e. The molecule has 2 aromatic heterocycles. The minimum absolute atomic E-state index is 0.564. The molecule has 0 atom stereocenters. The number of aromatic nitrogens is 4. The molecule has 7 nitrogen and oxygen atoms in total. The predicted octanol–water partition coefficient (Wildman–Crippen LogP) is 2.45. The van der Waals surface area contributed by atoms with Crippen molar-refractivity contribution in [1.29, 1.82) is 0 Å². The van der Waals surface area contributed by atoms with Crippen molar-refractivity contribution < 1.29 is 4.74 Å². The number of morpholine rings is 1. The van der Waals surface area contributed by atoms with Gasteiger partial charge in [0.2, 0.25) is 5.65 Å². The molecule has 7 heteroatoms. The van der Waals surface area contributed by atoms with E-state index in [9.17, 15) is 0 Å². The molecule has 0 unspecified atom stereocenters. The van der Waals surface area contributed by atoms with Crippen LogP contribution in [0.5, 0.6) is 0 Å². The third-order valence-electron chi connectivity index (χ3n) is 5.29. The summed E-state index contributed by atoms with van der Waals surface area (Å²) in [6.45, 7) is 5.41. The molecule has 140 valence electrons. The zero-order valence-corrected chi connectivity index (χ0v) is 15.3. The summed E-state index contributed by atoms with van der Waals surface area (Å²) in [6, 6.07) is 8.79. The van der Waals surface area contributed by atoms with Crippen molar-refractivity contribution in [3.8, 4) is 0 Å². The standard InChI is InChI=1S/C20H24N6O/c1-3-16(14-25-9-11-27-12-10-25)4-2-15(1)13-22-18-20-24-23-19(17-5-6-17)26(20)8-7-21-18/h1-4,7-8,17H,5-6,9-14H2,(H,21,22). The first-order valence-electron chi connectivity index (χ1n) is 9.68. The van der Waals surface area contributed by atoms with Crippen LogP contribution in [0.1, 0.15) is 35.7 Å². The quantitative estimate of drug-likeness (QED) is 0.725. The molecule has 0 spiro atoms. The Morgan fingerprint density at radius 2 is 1.81 bits per heavy atom. The average Bonchev–Trinajstić information content (AvgIpc) is 3.47. The topological polar surface area (TPSA) is 67.6 Å². The van der Waals surface area contributed by atoms with Crippen LogP contribution in [0.15, 0.2) is 36.7 Å².